The molecule has 0 N–H and O–H groups in total. The number of rotatable bonds is 1. The molecule has 52 valence electrons. The smallest absolute Gasteiger partial charge is 0.335 e. The minimum atomic E-state index is -0.319. The number of hydrogen-bond acceptors (Lipinski definition) is 4. The number of methoxy groups -OCH3 is 1. The fourth-order valence-corrected chi connectivity index (χ4v) is 1.40. The highest BCUT2D eigenvalue weighted by molar-refractivity contribution is 7.99. The molecule has 1 aliphatic heterocycles. The predicted octanol–water partition coefficient (Wildman–Crippen LogP) is 0.249. The van der Waals surface area contributed by atoms with E-state index in [0.29, 0.717) is 5.94 Å². The van der Waals surface area contributed by atoms with Crippen LogP contribution in [-0.4, -0.2) is 30.9 Å². The topological polar surface area (TPSA) is 35.5 Å². The van der Waals surface area contributed by atoms with E-state index in [4.69, 9.17) is 4.74 Å². The van der Waals surface area contributed by atoms with E-state index in [0.717, 1.165) is 5.75 Å². The number of carbonyl (C=O) groups excluding carboxylic acids is 1. The molecule has 0 bridgehead atoms. The molecule has 9 heavy (non-hydrogen) atoms. The lowest BCUT2D eigenvalue weighted by Gasteiger charge is -2.03. The number of carbonyl (C=O) groups is 1. The van der Waals surface area contributed by atoms with Gasteiger partial charge in [-0.2, -0.15) is 0 Å². The standard InChI is InChI=1S/C5H8O3S/c1-7-5(6)4-2-9-3-8-4/h4H,2-3H2,1H3. The summed E-state index contributed by atoms with van der Waals surface area (Å²) in [5.41, 5.74) is 0. The molecule has 0 amide bonds. The van der Waals surface area contributed by atoms with Crippen molar-refractivity contribution in [3.63, 3.8) is 0 Å². The Balaban J connectivity index is 2.32. The van der Waals surface area contributed by atoms with Crippen LogP contribution in [0.2, 0.25) is 0 Å². The molecule has 0 aliphatic carbocycles. The van der Waals surface area contributed by atoms with Gasteiger partial charge in [0, 0.05) is 5.75 Å². The van der Waals surface area contributed by atoms with Gasteiger partial charge in [-0.15, -0.1) is 11.8 Å². The average Bonchev–Trinajstić information content (AvgIpc) is 2.37. The Hall–Kier alpha value is -0.220. The van der Waals surface area contributed by atoms with Crippen LogP contribution in [0.25, 0.3) is 0 Å². The van der Waals surface area contributed by atoms with Gasteiger partial charge in [-0.25, -0.2) is 4.79 Å². The zero-order valence-corrected chi connectivity index (χ0v) is 5.94. The minimum Gasteiger partial charge on any atom is -0.467 e. The highest BCUT2D eigenvalue weighted by atomic mass is 32.2. The second-order valence-corrected chi connectivity index (χ2v) is 2.64. The van der Waals surface area contributed by atoms with Crippen molar-refractivity contribution in [2.45, 2.75) is 6.10 Å². The molecule has 0 saturated carbocycles. The Morgan fingerprint density at radius 3 is 3.11 bits per heavy atom. The fraction of sp³-hybridized carbons (Fsp3) is 0.800. The molecule has 1 fully saturated rings. The molecular formula is C5H8O3S. The number of esters is 1. The molecule has 4 heteroatoms. The van der Waals surface area contributed by atoms with Gasteiger partial charge < -0.3 is 9.47 Å². The predicted molar refractivity (Wildman–Crippen MR) is 34.2 cm³/mol. The molecule has 1 unspecified atom stereocenters. The van der Waals surface area contributed by atoms with Gasteiger partial charge in [-0.05, 0) is 0 Å². The van der Waals surface area contributed by atoms with Gasteiger partial charge in [-0.1, -0.05) is 0 Å². The van der Waals surface area contributed by atoms with Crippen molar-refractivity contribution in [2.75, 3.05) is 18.8 Å². The third kappa shape index (κ3) is 1.59. The van der Waals surface area contributed by atoms with Gasteiger partial charge in [-0.3, -0.25) is 0 Å². The highest BCUT2D eigenvalue weighted by Gasteiger charge is 2.24. The van der Waals surface area contributed by atoms with Crippen LogP contribution < -0.4 is 0 Å². The van der Waals surface area contributed by atoms with Crippen molar-refractivity contribution < 1.29 is 14.3 Å². The number of hydrogen-bond donors (Lipinski definition) is 0. The number of ether oxygens (including phenoxy) is 2. The molecule has 0 spiro atoms. The van der Waals surface area contributed by atoms with Gasteiger partial charge in [0.1, 0.15) is 0 Å². The molecule has 3 nitrogen and oxygen atoms in total. The molecule has 1 rings (SSSR count). The van der Waals surface area contributed by atoms with E-state index < -0.39 is 0 Å². The van der Waals surface area contributed by atoms with Crippen molar-refractivity contribution in [1.29, 1.82) is 0 Å². The summed E-state index contributed by atoms with van der Waals surface area (Å²) in [6, 6.07) is 0. The lowest BCUT2D eigenvalue weighted by molar-refractivity contribution is -0.150. The average molecular weight is 148 g/mol. The summed E-state index contributed by atoms with van der Waals surface area (Å²) in [6.07, 6.45) is -0.319. The maximum atomic E-state index is 10.7. The van der Waals surface area contributed by atoms with Crippen LogP contribution in [-0.2, 0) is 14.3 Å². The lowest BCUT2D eigenvalue weighted by Crippen LogP contribution is -2.23. The quantitative estimate of drug-likeness (QED) is 0.499. The van der Waals surface area contributed by atoms with E-state index >= 15 is 0 Å². The van der Waals surface area contributed by atoms with Crippen LogP contribution in [0.5, 0.6) is 0 Å². The van der Waals surface area contributed by atoms with Crippen LogP contribution in [0.15, 0.2) is 0 Å². The zero-order chi connectivity index (χ0) is 6.69. The van der Waals surface area contributed by atoms with Gasteiger partial charge in [0.25, 0.3) is 0 Å². The van der Waals surface area contributed by atoms with Crippen LogP contribution in [0.1, 0.15) is 0 Å². The third-order valence-electron chi connectivity index (χ3n) is 1.09. The molecule has 1 saturated heterocycles. The molecule has 1 aliphatic rings. The first-order chi connectivity index (χ1) is 4.34. The first-order valence-electron chi connectivity index (χ1n) is 2.62. The first kappa shape index (κ1) is 6.89. The monoisotopic (exact) mass is 148 g/mol. The molecule has 0 radical (unpaired) electrons. The summed E-state index contributed by atoms with van der Waals surface area (Å²) in [6.45, 7) is 0. The summed E-state index contributed by atoms with van der Waals surface area (Å²) in [5.74, 6) is 1.08. The van der Waals surface area contributed by atoms with Crippen molar-refractivity contribution >= 4 is 17.7 Å². The van der Waals surface area contributed by atoms with Crippen LogP contribution >= 0.6 is 11.8 Å². The van der Waals surface area contributed by atoms with Crippen molar-refractivity contribution in [3.8, 4) is 0 Å². The van der Waals surface area contributed by atoms with E-state index in [9.17, 15) is 4.79 Å². The summed E-state index contributed by atoms with van der Waals surface area (Å²) in [7, 11) is 1.37. The van der Waals surface area contributed by atoms with Crippen LogP contribution in [0, 0.1) is 0 Å². The van der Waals surface area contributed by atoms with E-state index in [1.54, 1.807) is 11.8 Å². The second-order valence-electron chi connectivity index (χ2n) is 1.67. The summed E-state index contributed by atoms with van der Waals surface area (Å²) in [5, 5.41) is 0. The summed E-state index contributed by atoms with van der Waals surface area (Å²) >= 11 is 1.60. The minimum absolute atomic E-state index is 0.264. The molecule has 0 aromatic rings. The Kier molecular flexibility index (Phi) is 2.36. The SMILES string of the molecule is COC(=O)C1CSCO1. The van der Waals surface area contributed by atoms with Crippen LogP contribution in [0.3, 0.4) is 0 Å². The second kappa shape index (κ2) is 3.08. The molecular weight excluding hydrogens is 140 g/mol. The molecule has 0 aromatic carbocycles. The largest absolute Gasteiger partial charge is 0.467 e. The van der Waals surface area contributed by atoms with Crippen molar-refractivity contribution in [3.05, 3.63) is 0 Å². The van der Waals surface area contributed by atoms with Crippen molar-refractivity contribution in [2.24, 2.45) is 0 Å². The van der Waals surface area contributed by atoms with Crippen LogP contribution in [0.4, 0.5) is 0 Å². The van der Waals surface area contributed by atoms with E-state index in [1.165, 1.54) is 7.11 Å². The zero-order valence-electron chi connectivity index (χ0n) is 5.12. The normalized spacial score (nSPS) is 26.1. The Morgan fingerprint density at radius 2 is 2.67 bits per heavy atom. The highest BCUT2D eigenvalue weighted by Crippen LogP contribution is 2.16. The van der Waals surface area contributed by atoms with Gasteiger partial charge in [0.15, 0.2) is 6.10 Å². The molecule has 1 atom stereocenters. The fourth-order valence-electron chi connectivity index (χ4n) is 0.601. The Labute approximate surface area is 57.7 Å². The number of thioether (sulfide) groups is 1. The molecule has 0 aromatic heterocycles. The van der Waals surface area contributed by atoms with Gasteiger partial charge in [0.2, 0.25) is 0 Å². The Bertz CT molecular complexity index is 109. The summed E-state index contributed by atoms with van der Waals surface area (Å²) in [4.78, 5) is 10.7. The van der Waals surface area contributed by atoms with Gasteiger partial charge >= 0.3 is 5.97 Å². The lowest BCUT2D eigenvalue weighted by atomic mass is 10.4. The van der Waals surface area contributed by atoms with E-state index in [1.807, 2.05) is 0 Å². The van der Waals surface area contributed by atoms with E-state index in [2.05, 4.69) is 4.74 Å². The van der Waals surface area contributed by atoms with Gasteiger partial charge in [0.05, 0.1) is 13.0 Å². The first-order valence-corrected chi connectivity index (χ1v) is 3.77. The third-order valence-corrected chi connectivity index (χ3v) is 1.93. The molecule has 1 heterocycles. The summed E-state index contributed by atoms with van der Waals surface area (Å²) < 4.78 is 9.45. The maximum absolute atomic E-state index is 10.7. The van der Waals surface area contributed by atoms with E-state index in [-0.39, 0.29) is 12.1 Å². The maximum Gasteiger partial charge on any atom is 0.335 e. The van der Waals surface area contributed by atoms with Crippen molar-refractivity contribution in [1.82, 2.24) is 0 Å². The Morgan fingerprint density at radius 1 is 1.89 bits per heavy atom.